The maximum absolute atomic E-state index is 4.55. The molecule has 1 heterocycles. The van der Waals surface area contributed by atoms with E-state index < -0.39 is 0 Å². The van der Waals surface area contributed by atoms with Crippen LogP contribution in [0.4, 0.5) is 0 Å². The molecule has 0 saturated heterocycles. The third-order valence-electron chi connectivity index (χ3n) is 2.36. The second-order valence-electron chi connectivity index (χ2n) is 6.02. The van der Waals surface area contributed by atoms with Crippen molar-refractivity contribution >= 4 is 15.9 Å². The zero-order chi connectivity index (χ0) is 11.9. The highest BCUT2D eigenvalue weighted by Crippen LogP contribution is 2.36. The average molecular weight is 270 g/mol. The van der Waals surface area contributed by atoms with Gasteiger partial charge in [0.25, 0.3) is 0 Å². The maximum Gasteiger partial charge on any atom is 0.0505 e. The summed E-state index contributed by atoms with van der Waals surface area (Å²) < 4.78 is 1.16. The normalized spacial score (nSPS) is 13.0. The molecule has 0 amide bonds. The summed E-state index contributed by atoms with van der Waals surface area (Å²) in [7, 11) is 0. The molecule has 0 saturated carbocycles. The molecule has 0 atom stereocenters. The largest absolute Gasteiger partial charge is 0.260 e. The number of hydrogen-bond acceptors (Lipinski definition) is 1. The molecule has 0 fully saturated rings. The summed E-state index contributed by atoms with van der Waals surface area (Å²) in [5.74, 6) is 0. The van der Waals surface area contributed by atoms with Crippen molar-refractivity contribution < 1.29 is 0 Å². The standard InChI is InChI=1S/C13H20BrN/c1-12(2,3)10-9(14)7-8-15-11(10)13(4,5)6/h7-8H,1-6H3. The minimum absolute atomic E-state index is 0.0897. The number of rotatable bonds is 0. The van der Waals surface area contributed by atoms with E-state index in [9.17, 15) is 0 Å². The monoisotopic (exact) mass is 269 g/mol. The molecule has 1 aromatic rings. The molecule has 0 aromatic carbocycles. The Balaban J connectivity index is 3.48. The van der Waals surface area contributed by atoms with E-state index in [2.05, 4.69) is 62.5 Å². The fraction of sp³-hybridized carbons (Fsp3) is 0.615. The van der Waals surface area contributed by atoms with Crippen LogP contribution >= 0.6 is 15.9 Å². The molecule has 1 nitrogen and oxygen atoms in total. The zero-order valence-corrected chi connectivity index (χ0v) is 12.1. The van der Waals surface area contributed by atoms with Crippen LogP contribution in [-0.4, -0.2) is 4.98 Å². The van der Waals surface area contributed by atoms with Crippen LogP contribution in [0, 0.1) is 0 Å². The van der Waals surface area contributed by atoms with Gasteiger partial charge in [-0.25, -0.2) is 0 Å². The Kier molecular flexibility index (Phi) is 3.30. The van der Waals surface area contributed by atoms with Crippen LogP contribution in [0.2, 0.25) is 0 Å². The molecule has 2 heteroatoms. The first-order valence-corrected chi connectivity index (χ1v) is 6.09. The molecule has 0 unspecified atom stereocenters. The molecular weight excluding hydrogens is 250 g/mol. The molecule has 84 valence electrons. The van der Waals surface area contributed by atoms with Gasteiger partial charge in [0, 0.05) is 16.1 Å². The van der Waals surface area contributed by atoms with E-state index >= 15 is 0 Å². The summed E-state index contributed by atoms with van der Waals surface area (Å²) in [5.41, 5.74) is 2.71. The average Bonchev–Trinajstić information content (AvgIpc) is 1.99. The topological polar surface area (TPSA) is 12.9 Å². The van der Waals surface area contributed by atoms with E-state index in [4.69, 9.17) is 0 Å². The van der Waals surface area contributed by atoms with Gasteiger partial charge in [0.05, 0.1) is 5.69 Å². The molecule has 0 radical (unpaired) electrons. The first kappa shape index (κ1) is 12.7. The highest BCUT2D eigenvalue weighted by Gasteiger charge is 2.28. The Morgan fingerprint density at radius 2 is 1.53 bits per heavy atom. The highest BCUT2D eigenvalue weighted by atomic mass is 79.9. The summed E-state index contributed by atoms with van der Waals surface area (Å²) in [5, 5.41) is 0. The number of halogens is 1. The zero-order valence-electron chi connectivity index (χ0n) is 10.5. The third-order valence-corrected chi connectivity index (χ3v) is 3.02. The second kappa shape index (κ2) is 3.89. The van der Waals surface area contributed by atoms with Gasteiger partial charge < -0.3 is 0 Å². The van der Waals surface area contributed by atoms with Crippen LogP contribution in [-0.2, 0) is 10.8 Å². The fourth-order valence-electron chi connectivity index (χ4n) is 1.72. The lowest BCUT2D eigenvalue weighted by atomic mass is 9.78. The predicted octanol–water partition coefficient (Wildman–Crippen LogP) is 4.44. The number of aromatic nitrogens is 1. The maximum atomic E-state index is 4.55. The summed E-state index contributed by atoms with van der Waals surface area (Å²) >= 11 is 3.64. The summed E-state index contributed by atoms with van der Waals surface area (Å²) in [6.07, 6.45) is 1.87. The summed E-state index contributed by atoms with van der Waals surface area (Å²) in [6, 6.07) is 2.02. The van der Waals surface area contributed by atoms with Gasteiger partial charge in [-0.1, -0.05) is 57.5 Å². The molecule has 15 heavy (non-hydrogen) atoms. The second-order valence-corrected chi connectivity index (χ2v) is 6.87. The third kappa shape index (κ3) is 2.81. The van der Waals surface area contributed by atoms with Crippen molar-refractivity contribution in [1.29, 1.82) is 0 Å². The van der Waals surface area contributed by atoms with Crippen LogP contribution in [0.1, 0.15) is 52.8 Å². The quantitative estimate of drug-likeness (QED) is 0.679. The highest BCUT2D eigenvalue weighted by molar-refractivity contribution is 9.10. The summed E-state index contributed by atoms with van der Waals surface area (Å²) in [4.78, 5) is 4.55. The van der Waals surface area contributed by atoms with E-state index in [-0.39, 0.29) is 10.8 Å². The Morgan fingerprint density at radius 1 is 1.00 bits per heavy atom. The molecule has 1 aromatic heterocycles. The van der Waals surface area contributed by atoms with Crippen molar-refractivity contribution in [3.8, 4) is 0 Å². The van der Waals surface area contributed by atoms with Crippen molar-refractivity contribution in [3.05, 3.63) is 28.0 Å². The lowest BCUT2D eigenvalue weighted by molar-refractivity contribution is 0.511. The number of nitrogens with zero attached hydrogens (tertiary/aromatic N) is 1. The molecule has 1 rings (SSSR count). The molecule has 0 spiro atoms. The fourth-order valence-corrected chi connectivity index (χ4v) is 2.62. The van der Waals surface area contributed by atoms with Crippen molar-refractivity contribution in [3.63, 3.8) is 0 Å². The molecule has 0 aliphatic carbocycles. The van der Waals surface area contributed by atoms with Crippen molar-refractivity contribution in [1.82, 2.24) is 4.98 Å². The SMILES string of the molecule is CC(C)(C)c1nccc(Br)c1C(C)(C)C. The van der Waals surface area contributed by atoms with Gasteiger partial charge in [-0.05, 0) is 17.0 Å². The van der Waals surface area contributed by atoms with Gasteiger partial charge in [-0.3, -0.25) is 4.98 Å². The Labute approximate surface area is 101 Å². The molecule has 0 bridgehead atoms. The van der Waals surface area contributed by atoms with Gasteiger partial charge in [0.2, 0.25) is 0 Å². The minimum atomic E-state index is 0.0897. The van der Waals surface area contributed by atoms with E-state index in [1.807, 2.05) is 12.3 Å². The lowest BCUT2D eigenvalue weighted by Crippen LogP contribution is -2.24. The van der Waals surface area contributed by atoms with Crippen LogP contribution < -0.4 is 0 Å². The van der Waals surface area contributed by atoms with Crippen LogP contribution in [0.5, 0.6) is 0 Å². The Bertz CT molecular complexity index is 356. The predicted molar refractivity (Wildman–Crippen MR) is 69.3 cm³/mol. The van der Waals surface area contributed by atoms with Gasteiger partial charge in [-0.15, -0.1) is 0 Å². The first-order chi connectivity index (χ1) is 6.64. The van der Waals surface area contributed by atoms with E-state index in [0.29, 0.717) is 0 Å². The molecule has 0 aliphatic heterocycles. The van der Waals surface area contributed by atoms with Crippen molar-refractivity contribution in [2.75, 3.05) is 0 Å². The smallest absolute Gasteiger partial charge is 0.0505 e. The van der Waals surface area contributed by atoms with Gasteiger partial charge in [0.15, 0.2) is 0 Å². The number of hydrogen-bond donors (Lipinski definition) is 0. The van der Waals surface area contributed by atoms with Crippen LogP contribution in [0.25, 0.3) is 0 Å². The van der Waals surface area contributed by atoms with E-state index in [1.165, 1.54) is 11.3 Å². The molecule has 0 aliphatic rings. The minimum Gasteiger partial charge on any atom is -0.260 e. The Morgan fingerprint density at radius 3 is 1.87 bits per heavy atom. The summed E-state index contributed by atoms with van der Waals surface area (Å²) in [6.45, 7) is 13.3. The van der Waals surface area contributed by atoms with Crippen molar-refractivity contribution in [2.24, 2.45) is 0 Å². The van der Waals surface area contributed by atoms with Gasteiger partial charge >= 0.3 is 0 Å². The molecule has 0 N–H and O–H groups in total. The molecular formula is C13H20BrN. The first-order valence-electron chi connectivity index (χ1n) is 5.29. The van der Waals surface area contributed by atoms with Gasteiger partial charge in [0.1, 0.15) is 0 Å². The lowest BCUT2D eigenvalue weighted by Gasteiger charge is -2.29. The van der Waals surface area contributed by atoms with Crippen molar-refractivity contribution in [2.45, 2.75) is 52.4 Å². The number of pyridine rings is 1. The van der Waals surface area contributed by atoms with Gasteiger partial charge in [-0.2, -0.15) is 0 Å². The van der Waals surface area contributed by atoms with Crippen LogP contribution in [0.15, 0.2) is 16.7 Å². The van der Waals surface area contributed by atoms with E-state index in [0.717, 1.165) is 4.47 Å². The van der Waals surface area contributed by atoms with E-state index in [1.54, 1.807) is 0 Å². The van der Waals surface area contributed by atoms with Crippen LogP contribution in [0.3, 0.4) is 0 Å². The Hall–Kier alpha value is -0.370.